The molecular formula is C12H9Cl2N3S2. The molecule has 1 aromatic carbocycles. The van der Waals surface area contributed by atoms with Gasteiger partial charge in [0.25, 0.3) is 0 Å². The minimum atomic E-state index is 0.381. The summed E-state index contributed by atoms with van der Waals surface area (Å²) in [6.07, 6.45) is 1.70. The molecule has 2 N–H and O–H groups in total. The monoisotopic (exact) mass is 329 g/mol. The predicted molar refractivity (Wildman–Crippen MR) is 87.7 cm³/mol. The van der Waals surface area contributed by atoms with Crippen molar-refractivity contribution in [1.29, 1.82) is 0 Å². The molecule has 0 atom stereocenters. The summed E-state index contributed by atoms with van der Waals surface area (Å²) in [5.74, 6) is 0. The van der Waals surface area contributed by atoms with E-state index in [-0.39, 0.29) is 0 Å². The van der Waals surface area contributed by atoms with E-state index >= 15 is 0 Å². The third-order valence-electron chi connectivity index (χ3n) is 2.08. The number of hydrogen-bond acceptors (Lipinski definition) is 3. The summed E-state index contributed by atoms with van der Waals surface area (Å²) >= 11 is 18.4. The lowest BCUT2D eigenvalue weighted by Gasteiger charge is -2.07. The maximum absolute atomic E-state index is 5.91. The van der Waals surface area contributed by atoms with Crippen LogP contribution >= 0.6 is 46.8 Å². The van der Waals surface area contributed by atoms with Gasteiger partial charge in [-0.25, -0.2) is 0 Å². The minimum absolute atomic E-state index is 0.381. The first-order valence-electron chi connectivity index (χ1n) is 5.24. The van der Waals surface area contributed by atoms with Crippen LogP contribution in [0.2, 0.25) is 10.0 Å². The summed E-state index contributed by atoms with van der Waals surface area (Å²) in [5.41, 5.74) is 3.47. The van der Waals surface area contributed by atoms with E-state index in [9.17, 15) is 0 Å². The van der Waals surface area contributed by atoms with Crippen LogP contribution < -0.4 is 10.7 Å². The van der Waals surface area contributed by atoms with Crippen molar-refractivity contribution in [3.63, 3.8) is 0 Å². The maximum Gasteiger partial charge on any atom is 0.191 e. The van der Waals surface area contributed by atoms with Crippen molar-refractivity contribution in [2.75, 3.05) is 5.32 Å². The Hall–Kier alpha value is -1.14. The standard InChI is InChI=1S/C12H9Cl2N3S2/c13-10-4-3-8(6-11(10)14)16-12(18)17-15-7-9-2-1-5-19-9/h1-7H,(H2,16,17,18). The molecule has 0 saturated heterocycles. The second-order valence-electron chi connectivity index (χ2n) is 3.47. The fourth-order valence-corrected chi connectivity index (χ4v) is 2.31. The maximum atomic E-state index is 5.91. The zero-order valence-electron chi connectivity index (χ0n) is 9.56. The Labute approximate surface area is 130 Å². The van der Waals surface area contributed by atoms with Gasteiger partial charge < -0.3 is 5.32 Å². The van der Waals surface area contributed by atoms with Gasteiger partial charge in [-0.05, 0) is 41.9 Å². The summed E-state index contributed by atoms with van der Waals surface area (Å²) in [5, 5.41) is 10.3. The average Bonchev–Trinajstić information content (AvgIpc) is 2.87. The Morgan fingerprint density at radius 3 is 2.79 bits per heavy atom. The van der Waals surface area contributed by atoms with E-state index in [1.165, 1.54) is 0 Å². The number of thiophene rings is 1. The Morgan fingerprint density at radius 2 is 2.11 bits per heavy atom. The first-order valence-corrected chi connectivity index (χ1v) is 7.28. The zero-order valence-corrected chi connectivity index (χ0v) is 12.7. The molecule has 0 radical (unpaired) electrons. The van der Waals surface area contributed by atoms with Crippen LogP contribution in [-0.4, -0.2) is 11.3 Å². The number of hydrazone groups is 1. The van der Waals surface area contributed by atoms with E-state index in [1.54, 1.807) is 35.8 Å². The predicted octanol–water partition coefficient (Wildman–Crippen LogP) is 4.38. The summed E-state index contributed by atoms with van der Waals surface area (Å²) in [7, 11) is 0. The Bertz CT molecular complexity index is 597. The smallest absolute Gasteiger partial charge is 0.191 e. The molecule has 0 fully saturated rings. The average molecular weight is 330 g/mol. The number of benzene rings is 1. The SMILES string of the molecule is S=C(NN=Cc1cccs1)Nc1ccc(Cl)c(Cl)c1. The molecule has 2 rings (SSSR count). The van der Waals surface area contributed by atoms with Crippen LogP contribution in [-0.2, 0) is 0 Å². The summed E-state index contributed by atoms with van der Waals surface area (Å²) in [6, 6.07) is 9.10. The van der Waals surface area contributed by atoms with Crippen molar-refractivity contribution >= 4 is 63.8 Å². The molecular weight excluding hydrogens is 321 g/mol. The highest BCUT2D eigenvalue weighted by molar-refractivity contribution is 7.80. The van der Waals surface area contributed by atoms with E-state index in [2.05, 4.69) is 15.8 Å². The topological polar surface area (TPSA) is 36.4 Å². The lowest BCUT2D eigenvalue weighted by molar-refractivity contribution is 1.05. The minimum Gasteiger partial charge on any atom is -0.331 e. The zero-order chi connectivity index (χ0) is 13.7. The van der Waals surface area contributed by atoms with Crippen molar-refractivity contribution in [2.45, 2.75) is 0 Å². The number of rotatable bonds is 3. The van der Waals surface area contributed by atoms with Crippen molar-refractivity contribution < 1.29 is 0 Å². The molecule has 1 heterocycles. The summed E-state index contributed by atoms with van der Waals surface area (Å²) in [6.45, 7) is 0. The number of nitrogens with one attached hydrogen (secondary N) is 2. The van der Waals surface area contributed by atoms with Gasteiger partial charge in [-0.2, -0.15) is 5.10 Å². The molecule has 0 amide bonds. The molecule has 0 spiro atoms. The summed E-state index contributed by atoms with van der Waals surface area (Å²) in [4.78, 5) is 1.05. The molecule has 0 aliphatic heterocycles. The number of halogens is 2. The van der Waals surface area contributed by atoms with Crippen LogP contribution in [0.1, 0.15) is 4.88 Å². The van der Waals surface area contributed by atoms with Crippen LogP contribution in [0, 0.1) is 0 Å². The molecule has 3 nitrogen and oxygen atoms in total. The van der Waals surface area contributed by atoms with E-state index in [4.69, 9.17) is 35.4 Å². The van der Waals surface area contributed by atoms with Gasteiger partial charge >= 0.3 is 0 Å². The van der Waals surface area contributed by atoms with Crippen LogP contribution in [0.3, 0.4) is 0 Å². The van der Waals surface area contributed by atoms with Gasteiger partial charge in [0.05, 0.1) is 16.3 Å². The fourth-order valence-electron chi connectivity index (χ4n) is 1.25. The normalized spacial score (nSPS) is 10.6. The van der Waals surface area contributed by atoms with Crippen molar-refractivity contribution in [3.05, 3.63) is 50.6 Å². The molecule has 7 heteroatoms. The Morgan fingerprint density at radius 1 is 1.26 bits per heavy atom. The molecule has 0 bridgehead atoms. The highest BCUT2D eigenvalue weighted by atomic mass is 35.5. The number of thiocarbonyl (C=S) groups is 1. The quantitative estimate of drug-likeness (QED) is 0.498. The molecule has 98 valence electrons. The third kappa shape index (κ3) is 4.47. The highest BCUT2D eigenvalue weighted by Crippen LogP contribution is 2.24. The van der Waals surface area contributed by atoms with E-state index in [0.717, 1.165) is 10.6 Å². The number of anilines is 1. The third-order valence-corrected chi connectivity index (χ3v) is 3.82. The molecule has 0 saturated carbocycles. The van der Waals surface area contributed by atoms with Gasteiger partial charge in [0, 0.05) is 10.6 Å². The van der Waals surface area contributed by atoms with Crippen LogP contribution in [0.5, 0.6) is 0 Å². The second-order valence-corrected chi connectivity index (χ2v) is 5.67. The fraction of sp³-hybridized carbons (Fsp3) is 0. The number of nitrogens with zero attached hydrogens (tertiary/aromatic N) is 1. The molecule has 0 aliphatic rings. The van der Waals surface area contributed by atoms with Crippen molar-refractivity contribution in [2.24, 2.45) is 5.10 Å². The first-order chi connectivity index (χ1) is 9.15. The summed E-state index contributed by atoms with van der Waals surface area (Å²) < 4.78 is 0. The van der Waals surface area contributed by atoms with Crippen LogP contribution in [0.15, 0.2) is 40.8 Å². The molecule has 1 aromatic heterocycles. The van der Waals surface area contributed by atoms with E-state index in [0.29, 0.717) is 15.2 Å². The Kier molecular flexibility index (Phi) is 5.15. The van der Waals surface area contributed by atoms with Crippen molar-refractivity contribution in [1.82, 2.24) is 5.43 Å². The van der Waals surface area contributed by atoms with Gasteiger partial charge in [0.2, 0.25) is 0 Å². The van der Waals surface area contributed by atoms with Crippen LogP contribution in [0.4, 0.5) is 5.69 Å². The van der Waals surface area contributed by atoms with Gasteiger partial charge in [0.1, 0.15) is 0 Å². The van der Waals surface area contributed by atoms with Gasteiger partial charge in [-0.15, -0.1) is 11.3 Å². The molecule has 0 unspecified atom stereocenters. The largest absolute Gasteiger partial charge is 0.331 e. The second kappa shape index (κ2) is 6.86. The Balaban J connectivity index is 1.89. The molecule has 19 heavy (non-hydrogen) atoms. The number of hydrogen-bond donors (Lipinski definition) is 2. The highest BCUT2D eigenvalue weighted by Gasteiger charge is 2.00. The van der Waals surface area contributed by atoms with E-state index in [1.807, 2.05) is 17.5 Å². The first kappa shape index (κ1) is 14.3. The van der Waals surface area contributed by atoms with Gasteiger partial charge in [-0.1, -0.05) is 29.3 Å². The van der Waals surface area contributed by atoms with Gasteiger partial charge in [-0.3, -0.25) is 5.43 Å². The molecule has 0 aliphatic carbocycles. The molecule has 2 aromatic rings. The van der Waals surface area contributed by atoms with Crippen LogP contribution in [0.25, 0.3) is 0 Å². The van der Waals surface area contributed by atoms with E-state index < -0.39 is 0 Å². The lowest BCUT2D eigenvalue weighted by Crippen LogP contribution is -2.23. The lowest BCUT2D eigenvalue weighted by atomic mass is 10.3. The van der Waals surface area contributed by atoms with Crippen molar-refractivity contribution in [3.8, 4) is 0 Å². The van der Waals surface area contributed by atoms with Gasteiger partial charge in [0.15, 0.2) is 5.11 Å².